The first-order chi connectivity index (χ1) is 14.9. The van der Waals surface area contributed by atoms with Gasteiger partial charge in [0.1, 0.15) is 11.6 Å². The van der Waals surface area contributed by atoms with Crippen LogP contribution < -0.4 is 10.9 Å². The molecule has 0 aliphatic rings. The van der Waals surface area contributed by atoms with E-state index in [0.717, 1.165) is 30.7 Å². The Morgan fingerprint density at radius 1 is 1.19 bits per heavy atom. The van der Waals surface area contributed by atoms with Gasteiger partial charge in [0.05, 0.1) is 11.3 Å². The molecule has 8 nitrogen and oxygen atoms in total. The number of hydrogen-bond donors (Lipinski definition) is 1. The summed E-state index contributed by atoms with van der Waals surface area (Å²) in [6, 6.07) is 7.92. The smallest absolute Gasteiger partial charge is 0.338 e. The number of amides is 1. The third kappa shape index (κ3) is 5.55. The predicted molar refractivity (Wildman–Crippen MR) is 119 cm³/mol. The first kappa shape index (κ1) is 22.6. The molecule has 0 saturated heterocycles. The average Bonchev–Trinajstić information content (AvgIpc) is 3.16. The number of hydrogen-bond acceptors (Lipinski definition) is 7. The second-order valence-electron chi connectivity index (χ2n) is 7.19. The minimum Gasteiger partial charge on any atom is -0.456 e. The summed E-state index contributed by atoms with van der Waals surface area (Å²) in [5.41, 5.74) is 0.907. The SMILES string of the molecule is CCCc1nn2c(=O)cc(COC(=O)c3cccc(NC(=O)C(CC)CC)c3)nc2s1. The summed E-state index contributed by atoms with van der Waals surface area (Å²) in [6.45, 7) is 5.85. The highest BCUT2D eigenvalue weighted by Gasteiger charge is 2.16. The zero-order valence-corrected chi connectivity index (χ0v) is 18.7. The Morgan fingerprint density at radius 2 is 1.97 bits per heavy atom. The van der Waals surface area contributed by atoms with Crippen LogP contribution in [0.25, 0.3) is 4.96 Å². The molecule has 1 amide bonds. The van der Waals surface area contributed by atoms with Gasteiger partial charge in [0.25, 0.3) is 5.56 Å². The Balaban J connectivity index is 1.68. The summed E-state index contributed by atoms with van der Waals surface area (Å²) < 4.78 is 6.61. The lowest BCUT2D eigenvalue weighted by molar-refractivity contribution is -0.120. The van der Waals surface area contributed by atoms with E-state index in [1.54, 1.807) is 24.3 Å². The molecule has 0 spiro atoms. The predicted octanol–water partition coefficient (Wildman–Crippen LogP) is 3.84. The van der Waals surface area contributed by atoms with Crippen LogP contribution in [0.4, 0.5) is 5.69 Å². The van der Waals surface area contributed by atoms with E-state index in [2.05, 4.69) is 15.4 Å². The quantitative estimate of drug-likeness (QED) is 0.505. The van der Waals surface area contributed by atoms with Crippen molar-refractivity contribution in [1.29, 1.82) is 0 Å². The third-order valence-electron chi connectivity index (χ3n) is 4.88. The second-order valence-corrected chi connectivity index (χ2v) is 8.23. The highest BCUT2D eigenvalue weighted by atomic mass is 32.1. The number of ether oxygens (including phenoxy) is 1. The van der Waals surface area contributed by atoms with E-state index in [9.17, 15) is 14.4 Å². The molecule has 0 radical (unpaired) electrons. The number of aryl methyl sites for hydroxylation is 1. The zero-order chi connectivity index (χ0) is 22.4. The number of carbonyl (C=O) groups is 2. The van der Waals surface area contributed by atoms with Gasteiger partial charge in [0.2, 0.25) is 10.9 Å². The molecule has 3 aromatic rings. The maximum Gasteiger partial charge on any atom is 0.338 e. The largest absolute Gasteiger partial charge is 0.456 e. The summed E-state index contributed by atoms with van der Waals surface area (Å²) in [7, 11) is 0. The molecule has 0 bridgehead atoms. The van der Waals surface area contributed by atoms with Crippen LogP contribution in [0.5, 0.6) is 0 Å². The molecule has 0 aliphatic heterocycles. The van der Waals surface area contributed by atoms with Crippen LogP contribution >= 0.6 is 11.3 Å². The van der Waals surface area contributed by atoms with Gasteiger partial charge in [-0.15, -0.1) is 0 Å². The molecule has 0 atom stereocenters. The molecular formula is C22H26N4O4S. The van der Waals surface area contributed by atoms with Crippen molar-refractivity contribution >= 4 is 33.9 Å². The van der Waals surface area contributed by atoms with Crippen LogP contribution in [0.2, 0.25) is 0 Å². The monoisotopic (exact) mass is 442 g/mol. The van der Waals surface area contributed by atoms with Crippen molar-refractivity contribution in [2.45, 2.75) is 53.1 Å². The first-order valence-corrected chi connectivity index (χ1v) is 11.2. The van der Waals surface area contributed by atoms with Crippen molar-refractivity contribution in [1.82, 2.24) is 14.6 Å². The van der Waals surface area contributed by atoms with Crippen LogP contribution in [0.1, 0.15) is 61.1 Å². The van der Waals surface area contributed by atoms with Crippen molar-refractivity contribution in [2.24, 2.45) is 5.92 Å². The summed E-state index contributed by atoms with van der Waals surface area (Å²) >= 11 is 1.35. The van der Waals surface area contributed by atoms with Crippen LogP contribution in [0.15, 0.2) is 35.1 Å². The van der Waals surface area contributed by atoms with E-state index in [-0.39, 0.29) is 24.0 Å². The van der Waals surface area contributed by atoms with E-state index < -0.39 is 5.97 Å². The molecule has 1 aromatic carbocycles. The Labute approximate surface area is 184 Å². The molecule has 1 N–H and O–H groups in total. The number of fused-ring (bicyclic) bond motifs is 1. The van der Waals surface area contributed by atoms with Crippen molar-refractivity contribution in [3.05, 3.63) is 57.0 Å². The maximum absolute atomic E-state index is 12.5. The molecule has 2 aromatic heterocycles. The number of rotatable bonds is 9. The number of nitrogens with zero attached hydrogens (tertiary/aromatic N) is 3. The first-order valence-electron chi connectivity index (χ1n) is 10.4. The van der Waals surface area contributed by atoms with Crippen LogP contribution in [0.3, 0.4) is 0 Å². The highest BCUT2D eigenvalue weighted by molar-refractivity contribution is 7.16. The number of benzene rings is 1. The standard InChI is InChI=1S/C22H26N4O4S/c1-4-8-18-25-26-19(27)12-17(24-22(26)31-18)13-30-21(29)15-9-7-10-16(11-15)23-20(28)14(5-2)6-3/h7,9-12,14H,4-6,8,13H2,1-3H3,(H,23,28). The fourth-order valence-electron chi connectivity index (χ4n) is 3.14. The minimum absolute atomic E-state index is 0.0690. The molecule has 0 fully saturated rings. The Hall–Kier alpha value is -3.07. The van der Waals surface area contributed by atoms with Gasteiger partial charge in [-0.1, -0.05) is 38.2 Å². The second kappa shape index (κ2) is 10.3. The van der Waals surface area contributed by atoms with Gasteiger partial charge in [-0.05, 0) is 37.5 Å². The van der Waals surface area contributed by atoms with E-state index >= 15 is 0 Å². The number of carbonyl (C=O) groups excluding carboxylic acids is 2. The fraction of sp³-hybridized carbons (Fsp3) is 0.409. The summed E-state index contributed by atoms with van der Waals surface area (Å²) in [6.07, 6.45) is 3.21. The Bertz CT molecular complexity index is 1130. The van der Waals surface area contributed by atoms with Crippen LogP contribution in [-0.2, 0) is 22.6 Å². The molecule has 2 heterocycles. The normalized spacial score (nSPS) is 11.1. The number of esters is 1. The molecule has 9 heteroatoms. The topological polar surface area (TPSA) is 103 Å². The highest BCUT2D eigenvalue weighted by Crippen LogP contribution is 2.17. The van der Waals surface area contributed by atoms with E-state index in [1.807, 2.05) is 20.8 Å². The van der Waals surface area contributed by atoms with Gasteiger partial charge < -0.3 is 10.1 Å². The van der Waals surface area contributed by atoms with Gasteiger partial charge in [-0.3, -0.25) is 9.59 Å². The van der Waals surface area contributed by atoms with Gasteiger partial charge in [-0.2, -0.15) is 9.61 Å². The molecule has 0 aliphatic carbocycles. The van der Waals surface area contributed by atoms with Gasteiger partial charge in [0, 0.05) is 24.1 Å². The lowest BCUT2D eigenvalue weighted by Crippen LogP contribution is -2.21. The van der Waals surface area contributed by atoms with Gasteiger partial charge in [-0.25, -0.2) is 9.78 Å². The Morgan fingerprint density at radius 3 is 2.68 bits per heavy atom. The van der Waals surface area contributed by atoms with Crippen molar-refractivity contribution in [3.63, 3.8) is 0 Å². The average molecular weight is 443 g/mol. The molecule has 0 unspecified atom stereocenters. The molecule has 31 heavy (non-hydrogen) atoms. The number of anilines is 1. The molecule has 164 valence electrons. The van der Waals surface area contributed by atoms with Crippen LogP contribution in [0, 0.1) is 5.92 Å². The van der Waals surface area contributed by atoms with E-state index in [4.69, 9.17) is 4.74 Å². The fourth-order valence-corrected chi connectivity index (χ4v) is 4.15. The van der Waals surface area contributed by atoms with E-state index in [0.29, 0.717) is 21.9 Å². The number of nitrogens with one attached hydrogen (secondary N) is 1. The van der Waals surface area contributed by atoms with Crippen molar-refractivity contribution in [2.75, 3.05) is 5.32 Å². The third-order valence-corrected chi connectivity index (χ3v) is 5.85. The summed E-state index contributed by atoms with van der Waals surface area (Å²) in [5, 5.41) is 7.95. The maximum atomic E-state index is 12.5. The number of aromatic nitrogens is 3. The Kier molecular flexibility index (Phi) is 7.51. The van der Waals surface area contributed by atoms with Gasteiger partial charge in [0.15, 0.2) is 0 Å². The van der Waals surface area contributed by atoms with E-state index in [1.165, 1.54) is 21.9 Å². The lowest BCUT2D eigenvalue weighted by Gasteiger charge is -2.13. The summed E-state index contributed by atoms with van der Waals surface area (Å²) in [5.74, 6) is -0.697. The lowest BCUT2D eigenvalue weighted by atomic mass is 10.0. The molecule has 0 saturated carbocycles. The molecule has 3 rings (SSSR count). The summed E-state index contributed by atoms with van der Waals surface area (Å²) in [4.78, 5) is 41.9. The van der Waals surface area contributed by atoms with Crippen molar-refractivity contribution < 1.29 is 14.3 Å². The minimum atomic E-state index is -0.559. The zero-order valence-electron chi connectivity index (χ0n) is 17.9. The van der Waals surface area contributed by atoms with Crippen molar-refractivity contribution in [3.8, 4) is 0 Å². The van der Waals surface area contributed by atoms with Crippen LogP contribution in [-0.4, -0.2) is 26.5 Å². The molecular weight excluding hydrogens is 416 g/mol. The van der Waals surface area contributed by atoms with Gasteiger partial charge >= 0.3 is 5.97 Å².